The van der Waals surface area contributed by atoms with Crippen molar-refractivity contribution in [2.45, 2.75) is 53.2 Å². The van der Waals surface area contributed by atoms with Crippen molar-refractivity contribution in [3.8, 4) is 5.75 Å². The van der Waals surface area contributed by atoms with E-state index in [4.69, 9.17) is 9.47 Å². The first-order valence-electron chi connectivity index (χ1n) is 8.60. The highest BCUT2D eigenvalue weighted by atomic mass is 16.6. The van der Waals surface area contributed by atoms with E-state index in [1.807, 2.05) is 13.8 Å². The minimum atomic E-state index is -0.542. The summed E-state index contributed by atoms with van der Waals surface area (Å²) in [5.74, 6) is 0.567. The fraction of sp³-hybridized carbons (Fsp3) is 0.611. The van der Waals surface area contributed by atoms with Gasteiger partial charge in [0.25, 0.3) is 5.91 Å². The van der Waals surface area contributed by atoms with Crippen LogP contribution in [0.1, 0.15) is 55.9 Å². The summed E-state index contributed by atoms with van der Waals surface area (Å²) >= 11 is 0. The fourth-order valence-corrected chi connectivity index (χ4v) is 2.51. The summed E-state index contributed by atoms with van der Waals surface area (Å²) in [6.07, 6.45) is 0.410. The molecule has 2 rings (SSSR count). The van der Waals surface area contributed by atoms with Crippen LogP contribution in [0.4, 0.5) is 4.79 Å². The number of fused-ring (bicyclic) bond motifs is 1. The fourth-order valence-electron chi connectivity index (χ4n) is 2.51. The lowest BCUT2D eigenvalue weighted by atomic mass is 10.2. The molecule has 0 unspecified atom stereocenters. The number of alkyl carbamates (subject to hydrolysis) is 1. The van der Waals surface area contributed by atoms with E-state index in [9.17, 15) is 9.59 Å². The third-order valence-corrected chi connectivity index (χ3v) is 3.62. The van der Waals surface area contributed by atoms with Crippen LogP contribution >= 0.6 is 0 Å². The summed E-state index contributed by atoms with van der Waals surface area (Å²) in [5, 5.41) is 2.66. The van der Waals surface area contributed by atoms with E-state index in [0.29, 0.717) is 37.6 Å². The number of nitrogens with zero attached hydrogens (tertiary/aromatic N) is 2. The summed E-state index contributed by atoms with van der Waals surface area (Å²) in [6, 6.07) is 1.77. The Hall–Kier alpha value is -2.31. The van der Waals surface area contributed by atoms with Crippen LogP contribution in [0, 0.1) is 6.92 Å². The molecule has 7 heteroatoms. The molecule has 0 saturated carbocycles. The van der Waals surface area contributed by atoms with E-state index in [-0.39, 0.29) is 5.91 Å². The lowest BCUT2D eigenvalue weighted by Crippen LogP contribution is -2.38. The van der Waals surface area contributed by atoms with Gasteiger partial charge in [0.05, 0.1) is 30.1 Å². The van der Waals surface area contributed by atoms with Crippen LogP contribution in [0.5, 0.6) is 5.75 Å². The van der Waals surface area contributed by atoms with Gasteiger partial charge in [0.2, 0.25) is 0 Å². The maximum absolute atomic E-state index is 12.5. The van der Waals surface area contributed by atoms with Crippen LogP contribution in [0.15, 0.2) is 6.07 Å². The lowest BCUT2D eigenvalue weighted by molar-refractivity contribution is 0.0515. The smallest absolute Gasteiger partial charge is 0.407 e. The Kier molecular flexibility index (Phi) is 5.87. The molecule has 1 aliphatic heterocycles. The highest BCUT2D eigenvalue weighted by Crippen LogP contribution is 2.27. The van der Waals surface area contributed by atoms with E-state index in [2.05, 4.69) is 10.3 Å². The average molecular weight is 349 g/mol. The minimum Gasteiger partial charge on any atom is -0.492 e. The van der Waals surface area contributed by atoms with E-state index in [1.165, 1.54) is 0 Å². The number of hydrogen-bond acceptors (Lipinski definition) is 5. The van der Waals surface area contributed by atoms with Crippen LogP contribution in [-0.2, 0) is 11.3 Å². The predicted molar refractivity (Wildman–Crippen MR) is 93.7 cm³/mol. The molecule has 138 valence electrons. The molecule has 0 aliphatic carbocycles. The van der Waals surface area contributed by atoms with Crippen molar-refractivity contribution in [3.63, 3.8) is 0 Å². The first-order chi connectivity index (χ1) is 11.7. The molecule has 0 bridgehead atoms. The van der Waals surface area contributed by atoms with Crippen LogP contribution < -0.4 is 10.1 Å². The van der Waals surface area contributed by atoms with Crippen LogP contribution in [0.2, 0.25) is 0 Å². The van der Waals surface area contributed by atoms with Gasteiger partial charge in [0.15, 0.2) is 0 Å². The lowest BCUT2D eigenvalue weighted by Gasteiger charge is -2.20. The molecule has 0 fully saturated rings. The van der Waals surface area contributed by atoms with Gasteiger partial charge < -0.3 is 19.7 Å². The Morgan fingerprint density at radius 3 is 2.76 bits per heavy atom. The molecule has 1 N–H and O–H groups in total. The standard InChI is InChI=1S/C18H27N3O4/c1-6-9-24-15-10-13-14(20-12(15)2)11-21(16(13)22)8-7-19-17(23)25-18(3,4)5/h10H,6-9,11H2,1-5H3,(H,19,23). The van der Waals surface area contributed by atoms with Gasteiger partial charge in [-0.1, -0.05) is 6.92 Å². The van der Waals surface area contributed by atoms with Gasteiger partial charge >= 0.3 is 6.09 Å². The number of aryl methyl sites for hydroxylation is 1. The second kappa shape index (κ2) is 7.72. The third-order valence-electron chi connectivity index (χ3n) is 3.62. The zero-order chi connectivity index (χ0) is 18.6. The van der Waals surface area contributed by atoms with Crippen molar-refractivity contribution in [2.75, 3.05) is 19.7 Å². The maximum atomic E-state index is 12.5. The first kappa shape index (κ1) is 19.0. The van der Waals surface area contributed by atoms with Gasteiger partial charge in [0.1, 0.15) is 11.4 Å². The number of rotatable bonds is 6. The first-order valence-corrected chi connectivity index (χ1v) is 8.60. The normalized spacial score (nSPS) is 13.6. The molecular formula is C18H27N3O4. The quantitative estimate of drug-likeness (QED) is 0.854. The Labute approximate surface area is 148 Å². The second-order valence-corrected chi connectivity index (χ2v) is 7.07. The van der Waals surface area contributed by atoms with Crippen molar-refractivity contribution in [1.82, 2.24) is 15.2 Å². The molecule has 0 radical (unpaired) electrons. The van der Waals surface area contributed by atoms with Gasteiger partial charge in [-0.3, -0.25) is 9.78 Å². The molecule has 7 nitrogen and oxygen atoms in total. The number of aromatic nitrogens is 1. The summed E-state index contributed by atoms with van der Waals surface area (Å²) in [4.78, 5) is 30.3. The number of pyridine rings is 1. The molecule has 25 heavy (non-hydrogen) atoms. The molecule has 1 aromatic rings. The Bertz CT molecular complexity index is 652. The highest BCUT2D eigenvalue weighted by Gasteiger charge is 2.29. The van der Waals surface area contributed by atoms with Crippen molar-refractivity contribution in [3.05, 3.63) is 23.0 Å². The molecular weight excluding hydrogens is 322 g/mol. The number of ether oxygens (including phenoxy) is 2. The molecule has 1 aliphatic rings. The minimum absolute atomic E-state index is 0.0881. The van der Waals surface area contributed by atoms with Crippen LogP contribution in [0.3, 0.4) is 0 Å². The predicted octanol–water partition coefficient (Wildman–Crippen LogP) is 2.66. The third kappa shape index (κ3) is 5.08. The van der Waals surface area contributed by atoms with Crippen molar-refractivity contribution < 1.29 is 19.1 Å². The van der Waals surface area contributed by atoms with E-state index < -0.39 is 11.7 Å². The van der Waals surface area contributed by atoms with Crippen molar-refractivity contribution in [2.24, 2.45) is 0 Å². The number of amides is 2. The van der Waals surface area contributed by atoms with E-state index >= 15 is 0 Å². The zero-order valence-electron chi connectivity index (χ0n) is 15.6. The van der Waals surface area contributed by atoms with E-state index in [1.54, 1.807) is 31.7 Å². The molecule has 2 amide bonds. The van der Waals surface area contributed by atoms with Gasteiger partial charge in [-0.2, -0.15) is 0 Å². The molecule has 0 atom stereocenters. The Balaban J connectivity index is 1.93. The number of carbonyl (C=O) groups excluding carboxylic acids is 2. The summed E-state index contributed by atoms with van der Waals surface area (Å²) in [6.45, 7) is 11.1. The van der Waals surface area contributed by atoms with Gasteiger partial charge in [-0.05, 0) is 40.2 Å². The van der Waals surface area contributed by atoms with Crippen molar-refractivity contribution >= 4 is 12.0 Å². The Morgan fingerprint density at radius 2 is 2.12 bits per heavy atom. The topological polar surface area (TPSA) is 80.8 Å². The summed E-state index contributed by atoms with van der Waals surface area (Å²) in [5.41, 5.74) is 1.58. The Morgan fingerprint density at radius 1 is 1.40 bits per heavy atom. The number of hydrogen-bond donors (Lipinski definition) is 1. The summed E-state index contributed by atoms with van der Waals surface area (Å²) < 4.78 is 10.8. The molecule has 0 saturated heterocycles. The highest BCUT2D eigenvalue weighted by molar-refractivity contribution is 5.98. The average Bonchev–Trinajstić information content (AvgIpc) is 2.79. The van der Waals surface area contributed by atoms with Crippen LogP contribution in [0.25, 0.3) is 0 Å². The van der Waals surface area contributed by atoms with E-state index in [0.717, 1.165) is 17.8 Å². The number of nitrogens with one attached hydrogen (secondary N) is 1. The van der Waals surface area contributed by atoms with Gasteiger partial charge in [0, 0.05) is 13.1 Å². The van der Waals surface area contributed by atoms with Gasteiger partial charge in [-0.25, -0.2) is 4.79 Å². The van der Waals surface area contributed by atoms with Crippen molar-refractivity contribution in [1.29, 1.82) is 0 Å². The van der Waals surface area contributed by atoms with Crippen LogP contribution in [-0.4, -0.2) is 47.2 Å². The monoisotopic (exact) mass is 349 g/mol. The zero-order valence-corrected chi connectivity index (χ0v) is 15.6. The molecule has 0 spiro atoms. The molecule has 2 heterocycles. The summed E-state index contributed by atoms with van der Waals surface area (Å²) in [7, 11) is 0. The molecule has 0 aromatic carbocycles. The SMILES string of the molecule is CCCOc1cc2c(nc1C)CN(CCNC(=O)OC(C)(C)C)C2=O. The largest absolute Gasteiger partial charge is 0.492 e. The molecule has 1 aromatic heterocycles. The number of carbonyl (C=O) groups is 2. The van der Waals surface area contributed by atoms with Gasteiger partial charge in [-0.15, -0.1) is 0 Å². The maximum Gasteiger partial charge on any atom is 0.407 e. The second-order valence-electron chi connectivity index (χ2n) is 7.07.